The van der Waals surface area contributed by atoms with Crippen LogP contribution in [-0.4, -0.2) is 54.1 Å². The lowest BCUT2D eigenvalue weighted by Crippen LogP contribution is -2.52. The van der Waals surface area contributed by atoms with Gasteiger partial charge in [0.05, 0.1) is 26.3 Å². The summed E-state index contributed by atoms with van der Waals surface area (Å²) in [5.74, 6) is 0. The van der Waals surface area contributed by atoms with Gasteiger partial charge in [0.2, 0.25) is 0 Å². The normalized spacial score (nSPS) is 12.0. The van der Waals surface area contributed by atoms with Crippen molar-refractivity contribution in [3.05, 3.63) is 0 Å². The van der Waals surface area contributed by atoms with E-state index in [1.165, 1.54) is 77.0 Å². The summed E-state index contributed by atoms with van der Waals surface area (Å²) < 4.78 is 0.925. The van der Waals surface area contributed by atoms with Gasteiger partial charge in [0.1, 0.15) is 13.1 Å². The Labute approximate surface area is 145 Å². The van der Waals surface area contributed by atoms with Gasteiger partial charge in [-0.1, -0.05) is 65.2 Å². The Hall–Kier alpha value is -0.120. The summed E-state index contributed by atoms with van der Waals surface area (Å²) in [4.78, 5) is 0. The van der Waals surface area contributed by atoms with Crippen molar-refractivity contribution in [2.45, 2.75) is 90.9 Å². The van der Waals surface area contributed by atoms with Gasteiger partial charge in [-0.2, -0.15) is 0 Å². The fourth-order valence-electron chi connectivity index (χ4n) is 3.55. The number of rotatable bonds is 18. The topological polar surface area (TPSA) is 40.5 Å². The van der Waals surface area contributed by atoms with E-state index in [9.17, 15) is 10.2 Å². The molecule has 0 aromatic heterocycles. The van der Waals surface area contributed by atoms with E-state index in [0.29, 0.717) is 0 Å². The standard InChI is InChI=1S/C20H44NO2/c1-3-5-7-9-11-13-15-21(17-19-22,18-20-23)16-14-12-10-8-6-4-2/h22-23H,3-20H2,1-2H3/q+1. The van der Waals surface area contributed by atoms with Gasteiger partial charge < -0.3 is 14.7 Å². The molecule has 3 nitrogen and oxygen atoms in total. The van der Waals surface area contributed by atoms with E-state index in [4.69, 9.17) is 0 Å². The molecule has 0 bridgehead atoms. The molecule has 23 heavy (non-hydrogen) atoms. The first-order chi connectivity index (χ1) is 11.2. The van der Waals surface area contributed by atoms with Crippen molar-refractivity contribution in [3.63, 3.8) is 0 Å². The summed E-state index contributed by atoms with van der Waals surface area (Å²) in [5.41, 5.74) is 0. The molecule has 0 aliphatic heterocycles. The molecule has 0 saturated heterocycles. The second kappa shape index (κ2) is 16.7. The summed E-state index contributed by atoms with van der Waals surface area (Å²) in [6.07, 6.45) is 15.8. The van der Waals surface area contributed by atoms with Crippen LogP contribution in [0, 0.1) is 0 Å². The fraction of sp³-hybridized carbons (Fsp3) is 1.00. The van der Waals surface area contributed by atoms with Crippen molar-refractivity contribution < 1.29 is 14.7 Å². The maximum absolute atomic E-state index is 9.48. The molecular formula is C20H44NO2+. The van der Waals surface area contributed by atoms with E-state index in [2.05, 4.69) is 13.8 Å². The van der Waals surface area contributed by atoms with E-state index in [0.717, 1.165) is 30.7 Å². The van der Waals surface area contributed by atoms with E-state index in [1.807, 2.05) is 0 Å². The Morgan fingerprint density at radius 1 is 0.478 bits per heavy atom. The molecular weight excluding hydrogens is 286 g/mol. The second-order valence-corrected chi connectivity index (χ2v) is 7.22. The highest BCUT2D eigenvalue weighted by Crippen LogP contribution is 2.15. The van der Waals surface area contributed by atoms with Crippen molar-refractivity contribution in [1.82, 2.24) is 0 Å². The Kier molecular flexibility index (Phi) is 16.6. The van der Waals surface area contributed by atoms with Crippen molar-refractivity contribution in [2.24, 2.45) is 0 Å². The molecule has 0 unspecified atom stereocenters. The molecule has 0 aromatic rings. The van der Waals surface area contributed by atoms with E-state index >= 15 is 0 Å². The predicted octanol–water partition coefficient (Wildman–Crippen LogP) is 4.51. The molecule has 0 spiro atoms. The lowest BCUT2D eigenvalue weighted by Gasteiger charge is -2.38. The molecule has 140 valence electrons. The first-order valence-electron chi connectivity index (χ1n) is 10.3. The minimum absolute atomic E-state index is 0.242. The number of hydrogen-bond donors (Lipinski definition) is 2. The molecule has 0 aromatic carbocycles. The van der Waals surface area contributed by atoms with Gasteiger partial charge in [-0.05, 0) is 25.7 Å². The maximum atomic E-state index is 9.48. The molecule has 0 saturated carbocycles. The summed E-state index contributed by atoms with van der Waals surface area (Å²) in [5, 5.41) is 19.0. The van der Waals surface area contributed by atoms with Gasteiger partial charge in [0, 0.05) is 0 Å². The van der Waals surface area contributed by atoms with Gasteiger partial charge in [0.15, 0.2) is 0 Å². The number of quaternary nitrogens is 1. The second-order valence-electron chi connectivity index (χ2n) is 7.22. The zero-order valence-corrected chi connectivity index (χ0v) is 16.1. The molecule has 0 rings (SSSR count). The molecule has 0 radical (unpaired) electrons. The van der Waals surface area contributed by atoms with Crippen LogP contribution < -0.4 is 0 Å². The smallest absolute Gasteiger partial charge is 0.102 e. The Bertz CT molecular complexity index is 210. The summed E-state index contributed by atoms with van der Waals surface area (Å²) in [6, 6.07) is 0. The van der Waals surface area contributed by atoms with Crippen LogP contribution in [-0.2, 0) is 0 Å². The average molecular weight is 331 g/mol. The molecule has 0 aliphatic carbocycles. The fourth-order valence-corrected chi connectivity index (χ4v) is 3.55. The molecule has 0 fully saturated rings. The third-order valence-corrected chi connectivity index (χ3v) is 5.12. The van der Waals surface area contributed by atoms with Gasteiger partial charge in [-0.25, -0.2) is 0 Å². The Morgan fingerprint density at radius 3 is 1.17 bits per heavy atom. The van der Waals surface area contributed by atoms with Crippen molar-refractivity contribution in [1.29, 1.82) is 0 Å². The molecule has 0 aliphatic rings. The van der Waals surface area contributed by atoms with E-state index in [-0.39, 0.29) is 13.2 Å². The summed E-state index contributed by atoms with van der Waals surface area (Å²) >= 11 is 0. The highest BCUT2D eigenvalue weighted by atomic mass is 16.3. The van der Waals surface area contributed by atoms with Crippen molar-refractivity contribution in [3.8, 4) is 0 Å². The monoisotopic (exact) mass is 330 g/mol. The first kappa shape index (κ1) is 22.9. The van der Waals surface area contributed by atoms with Crippen LogP contribution in [0.1, 0.15) is 90.9 Å². The zero-order chi connectivity index (χ0) is 17.2. The summed E-state index contributed by atoms with van der Waals surface area (Å²) in [7, 11) is 0. The predicted molar refractivity (Wildman–Crippen MR) is 101 cm³/mol. The van der Waals surface area contributed by atoms with Crippen LogP contribution >= 0.6 is 0 Å². The molecule has 3 heteroatoms. The third kappa shape index (κ3) is 12.9. The Morgan fingerprint density at radius 2 is 0.826 bits per heavy atom. The van der Waals surface area contributed by atoms with Gasteiger partial charge >= 0.3 is 0 Å². The highest BCUT2D eigenvalue weighted by Gasteiger charge is 2.25. The number of nitrogens with zero attached hydrogens (tertiary/aromatic N) is 1. The van der Waals surface area contributed by atoms with Crippen LogP contribution in [0.25, 0.3) is 0 Å². The number of unbranched alkanes of at least 4 members (excludes halogenated alkanes) is 10. The van der Waals surface area contributed by atoms with Crippen LogP contribution in [0.15, 0.2) is 0 Å². The summed E-state index contributed by atoms with van der Waals surface area (Å²) in [6.45, 7) is 8.87. The highest BCUT2D eigenvalue weighted by molar-refractivity contribution is 4.51. The molecule has 0 amide bonds. The van der Waals surface area contributed by atoms with Crippen molar-refractivity contribution in [2.75, 3.05) is 39.4 Å². The van der Waals surface area contributed by atoms with Crippen LogP contribution in [0.2, 0.25) is 0 Å². The number of aliphatic hydroxyl groups is 2. The van der Waals surface area contributed by atoms with Crippen molar-refractivity contribution >= 4 is 0 Å². The lowest BCUT2D eigenvalue weighted by atomic mass is 10.1. The Balaban J connectivity index is 4.11. The van der Waals surface area contributed by atoms with Gasteiger partial charge in [0.25, 0.3) is 0 Å². The van der Waals surface area contributed by atoms with Gasteiger partial charge in [-0.3, -0.25) is 0 Å². The van der Waals surface area contributed by atoms with E-state index < -0.39 is 0 Å². The minimum atomic E-state index is 0.242. The number of hydrogen-bond acceptors (Lipinski definition) is 2. The number of aliphatic hydroxyl groups excluding tert-OH is 2. The molecule has 0 heterocycles. The molecule has 0 atom stereocenters. The van der Waals surface area contributed by atoms with E-state index in [1.54, 1.807) is 0 Å². The lowest BCUT2D eigenvalue weighted by molar-refractivity contribution is -0.929. The third-order valence-electron chi connectivity index (χ3n) is 5.12. The maximum Gasteiger partial charge on any atom is 0.102 e. The largest absolute Gasteiger partial charge is 0.391 e. The molecule has 2 N–H and O–H groups in total. The van der Waals surface area contributed by atoms with Crippen LogP contribution in [0.3, 0.4) is 0 Å². The average Bonchev–Trinajstić information content (AvgIpc) is 2.54. The first-order valence-corrected chi connectivity index (χ1v) is 10.3. The minimum Gasteiger partial charge on any atom is -0.391 e. The van der Waals surface area contributed by atoms with Gasteiger partial charge in [-0.15, -0.1) is 0 Å². The van der Waals surface area contributed by atoms with Crippen LogP contribution in [0.4, 0.5) is 0 Å². The SMILES string of the molecule is CCCCCCCC[N+](CCO)(CCO)CCCCCCCC. The van der Waals surface area contributed by atoms with Crippen LogP contribution in [0.5, 0.6) is 0 Å². The zero-order valence-electron chi connectivity index (χ0n) is 16.1. The quantitative estimate of drug-likeness (QED) is 0.287.